The van der Waals surface area contributed by atoms with E-state index in [1.807, 2.05) is 25.6 Å². The van der Waals surface area contributed by atoms with Gasteiger partial charge < -0.3 is 5.32 Å². The number of fused-ring (bicyclic) bond motifs is 1. The summed E-state index contributed by atoms with van der Waals surface area (Å²) >= 11 is 0. The van der Waals surface area contributed by atoms with E-state index >= 15 is 0 Å². The van der Waals surface area contributed by atoms with Crippen molar-refractivity contribution in [1.82, 2.24) is 24.9 Å². The molecule has 2 aromatic heterocycles. The van der Waals surface area contributed by atoms with Crippen LogP contribution < -0.4 is 5.32 Å². The van der Waals surface area contributed by atoms with Gasteiger partial charge in [0.15, 0.2) is 0 Å². The average molecular weight is 413 g/mol. The van der Waals surface area contributed by atoms with Crippen molar-refractivity contribution in [2.24, 2.45) is 7.05 Å². The summed E-state index contributed by atoms with van der Waals surface area (Å²) in [6.07, 6.45) is 5.13. The summed E-state index contributed by atoms with van der Waals surface area (Å²) in [5, 5.41) is 11.9. The van der Waals surface area contributed by atoms with Crippen molar-refractivity contribution in [3.8, 4) is 5.69 Å². The average Bonchev–Trinajstić information content (AvgIpc) is 3.21. The molecule has 6 nitrogen and oxygen atoms in total. The van der Waals surface area contributed by atoms with Crippen LogP contribution in [0.1, 0.15) is 53.5 Å². The van der Waals surface area contributed by atoms with Crippen molar-refractivity contribution in [2.75, 3.05) is 0 Å². The minimum Gasteiger partial charge on any atom is -0.349 e. The summed E-state index contributed by atoms with van der Waals surface area (Å²) in [5.74, 6) is -1.31. The minimum absolute atomic E-state index is 0.0277. The summed E-state index contributed by atoms with van der Waals surface area (Å²) in [5.41, 5.74) is 5.28. The predicted molar refractivity (Wildman–Crippen MR) is 108 cm³/mol. The van der Waals surface area contributed by atoms with Gasteiger partial charge in [-0.2, -0.15) is 10.2 Å². The number of nitrogens with one attached hydrogen (secondary N) is 1. The first kappa shape index (κ1) is 20.3. The first-order valence-corrected chi connectivity index (χ1v) is 10.1. The van der Waals surface area contributed by atoms with Gasteiger partial charge in [-0.3, -0.25) is 9.48 Å². The second-order valence-corrected chi connectivity index (χ2v) is 7.87. The van der Waals surface area contributed by atoms with Gasteiger partial charge in [0, 0.05) is 36.5 Å². The van der Waals surface area contributed by atoms with E-state index in [1.54, 1.807) is 10.9 Å². The Bertz CT molecular complexity index is 1080. The molecule has 1 aromatic carbocycles. The lowest BCUT2D eigenvalue weighted by Crippen LogP contribution is -2.31. The van der Waals surface area contributed by atoms with Crippen molar-refractivity contribution in [3.63, 3.8) is 0 Å². The number of hydrogen-bond donors (Lipinski definition) is 1. The van der Waals surface area contributed by atoms with Gasteiger partial charge in [-0.15, -0.1) is 0 Å². The van der Waals surface area contributed by atoms with Gasteiger partial charge in [-0.25, -0.2) is 13.5 Å². The van der Waals surface area contributed by atoms with Crippen LogP contribution in [-0.4, -0.2) is 25.5 Å². The Balaban J connectivity index is 1.48. The van der Waals surface area contributed by atoms with Crippen LogP contribution in [0.2, 0.25) is 0 Å². The number of halogens is 2. The molecule has 0 bridgehead atoms. The fraction of sp³-hybridized carbons (Fsp3) is 0.409. The molecule has 0 saturated carbocycles. The molecule has 0 radical (unpaired) electrons. The fourth-order valence-corrected chi connectivity index (χ4v) is 4.28. The number of rotatable bonds is 5. The Labute approximate surface area is 173 Å². The molecule has 1 aliphatic carbocycles. The van der Waals surface area contributed by atoms with Crippen LogP contribution >= 0.6 is 0 Å². The van der Waals surface area contributed by atoms with Crippen LogP contribution in [0.25, 0.3) is 5.69 Å². The maximum absolute atomic E-state index is 13.6. The van der Waals surface area contributed by atoms with Crippen LogP contribution in [0.4, 0.5) is 8.78 Å². The third-order valence-electron chi connectivity index (χ3n) is 5.87. The first-order chi connectivity index (χ1) is 14.3. The molecule has 158 valence electrons. The summed E-state index contributed by atoms with van der Waals surface area (Å²) in [6, 6.07) is 3.21. The number of carbonyl (C=O) groups is 1. The first-order valence-electron chi connectivity index (χ1n) is 10.1. The molecule has 0 fully saturated rings. The number of hydrogen-bond acceptors (Lipinski definition) is 3. The zero-order valence-corrected chi connectivity index (χ0v) is 17.4. The van der Waals surface area contributed by atoms with Gasteiger partial charge in [0.2, 0.25) is 5.91 Å². The molecule has 0 saturated heterocycles. The molecule has 1 amide bonds. The number of carbonyl (C=O) groups excluding carboxylic acids is 1. The lowest BCUT2D eigenvalue weighted by atomic mass is 9.92. The van der Waals surface area contributed by atoms with Crippen LogP contribution in [0, 0.1) is 25.5 Å². The van der Waals surface area contributed by atoms with Crippen molar-refractivity contribution >= 4 is 5.91 Å². The zero-order valence-electron chi connectivity index (χ0n) is 17.4. The summed E-state index contributed by atoms with van der Waals surface area (Å²) in [7, 11) is 1.90. The van der Waals surface area contributed by atoms with Crippen LogP contribution in [0.3, 0.4) is 0 Å². The van der Waals surface area contributed by atoms with E-state index in [4.69, 9.17) is 0 Å². The number of aryl methyl sites for hydroxylation is 2. The van der Waals surface area contributed by atoms with E-state index < -0.39 is 11.6 Å². The van der Waals surface area contributed by atoms with E-state index in [0.717, 1.165) is 53.5 Å². The lowest BCUT2D eigenvalue weighted by Gasteiger charge is -2.24. The largest absolute Gasteiger partial charge is 0.349 e. The second kappa shape index (κ2) is 8.01. The molecular formula is C22H25F2N5O. The van der Waals surface area contributed by atoms with E-state index in [1.165, 1.54) is 12.1 Å². The number of nitrogens with zero attached hydrogens (tertiary/aromatic N) is 4. The van der Waals surface area contributed by atoms with Crippen molar-refractivity contribution in [2.45, 2.75) is 52.0 Å². The van der Waals surface area contributed by atoms with Gasteiger partial charge in [0.05, 0.1) is 23.6 Å². The highest BCUT2D eigenvalue weighted by atomic mass is 19.1. The minimum atomic E-state index is -0.643. The van der Waals surface area contributed by atoms with Crippen LogP contribution in [-0.2, 0) is 24.7 Å². The topological polar surface area (TPSA) is 64.7 Å². The molecule has 1 aliphatic rings. The van der Waals surface area contributed by atoms with Gasteiger partial charge in [0.25, 0.3) is 0 Å². The maximum Gasteiger partial charge on any atom is 0.220 e. The number of amides is 1. The number of aromatic nitrogens is 4. The molecule has 8 heteroatoms. The highest BCUT2D eigenvalue weighted by Crippen LogP contribution is 2.31. The summed E-state index contributed by atoms with van der Waals surface area (Å²) < 4.78 is 30.7. The Morgan fingerprint density at radius 2 is 1.97 bits per heavy atom. The standard InChI is InChI=1S/C22H25F2N5O/c1-13-18(14(2)28(3)27-13)7-8-22(30)26-20-5-4-6-21-19(20)12-25-29(21)17-10-15(23)9-16(24)11-17/h9-12,20H,4-8H2,1-3H3,(H,26,30)/t20-/m1/s1. The van der Waals surface area contributed by atoms with Gasteiger partial charge in [-0.1, -0.05) is 0 Å². The molecule has 1 N–H and O–H groups in total. The summed E-state index contributed by atoms with van der Waals surface area (Å²) in [6.45, 7) is 3.96. The van der Waals surface area contributed by atoms with Crippen LogP contribution in [0.15, 0.2) is 24.4 Å². The third kappa shape index (κ3) is 3.86. The Morgan fingerprint density at radius 3 is 2.63 bits per heavy atom. The fourth-order valence-electron chi connectivity index (χ4n) is 4.28. The van der Waals surface area contributed by atoms with E-state index in [9.17, 15) is 13.6 Å². The molecule has 3 aromatic rings. The second-order valence-electron chi connectivity index (χ2n) is 7.87. The molecule has 4 rings (SSSR count). The van der Waals surface area contributed by atoms with E-state index in [2.05, 4.69) is 15.5 Å². The molecule has 30 heavy (non-hydrogen) atoms. The van der Waals surface area contributed by atoms with Crippen molar-refractivity contribution in [1.29, 1.82) is 0 Å². The molecule has 0 unspecified atom stereocenters. The Morgan fingerprint density at radius 1 is 1.23 bits per heavy atom. The SMILES string of the molecule is Cc1nn(C)c(C)c1CCC(=O)N[C@@H]1CCCc2c1cnn2-c1cc(F)cc(F)c1. The number of benzene rings is 1. The van der Waals surface area contributed by atoms with E-state index in [0.29, 0.717) is 18.5 Å². The Hall–Kier alpha value is -3.03. The quantitative estimate of drug-likeness (QED) is 0.695. The van der Waals surface area contributed by atoms with E-state index in [-0.39, 0.29) is 11.9 Å². The lowest BCUT2D eigenvalue weighted by molar-refractivity contribution is -0.121. The van der Waals surface area contributed by atoms with Crippen molar-refractivity contribution < 1.29 is 13.6 Å². The highest BCUT2D eigenvalue weighted by molar-refractivity contribution is 5.77. The van der Waals surface area contributed by atoms with Crippen molar-refractivity contribution in [3.05, 3.63) is 64.2 Å². The van der Waals surface area contributed by atoms with Gasteiger partial charge >= 0.3 is 0 Å². The summed E-state index contributed by atoms with van der Waals surface area (Å²) in [4.78, 5) is 12.6. The van der Waals surface area contributed by atoms with Crippen LogP contribution in [0.5, 0.6) is 0 Å². The normalized spacial score (nSPS) is 15.8. The smallest absolute Gasteiger partial charge is 0.220 e. The predicted octanol–water partition coefficient (Wildman–Crippen LogP) is 3.63. The molecule has 0 spiro atoms. The zero-order chi connectivity index (χ0) is 21.4. The molecule has 1 atom stereocenters. The monoisotopic (exact) mass is 413 g/mol. The van der Waals surface area contributed by atoms with Gasteiger partial charge in [0.1, 0.15) is 11.6 Å². The molecule has 0 aliphatic heterocycles. The molecular weight excluding hydrogens is 388 g/mol. The third-order valence-corrected chi connectivity index (χ3v) is 5.87. The highest BCUT2D eigenvalue weighted by Gasteiger charge is 2.26. The Kier molecular flexibility index (Phi) is 5.40. The maximum atomic E-state index is 13.6. The van der Waals surface area contributed by atoms with Gasteiger partial charge in [-0.05, 0) is 57.2 Å². The molecule has 2 heterocycles.